The lowest BCUT2D eigenvalue weighted by Gasteiger charge is -2.11. The second kappa shape index (κ2) is 5.90. The number of thiophene rings is 1. The molecule has 4 rings (SSSR count). The second-order valence-electron chi connectivity index (χ2n) is 5.47. The Hall–Kier alpha value is -2.99. The Labute approximate surface area is 142 Å². The van der Waals surface area contributed by atoms with Crippen molar-refractivity contribution in [2.24, 2.45) is 5.18 Å². The topological polar surface area (TPSA) is 72.8 Å². The van der Waals surface area contributed by atoms with Crippen molar-refractivity contribution in [1.82, 2.24) is 9.38 Å². The molecule has 0 aliphatic rings. The fourth-order valence-corrected chi connectivity index (χ4v) is 3.52. The summed E-state index contributed by atoms with van der Waals surface area (Å²) in [6.07, 6.45) is 1.89. The van der Waals surface area contributed by atoms with E-state index in [1.807, 2.05) is 69.9 Å². The summed E-state index contributed by atoms with van der Waals surface area (Å²) in [5.74, 6) is 0.473. The SMILES string of the molecule is Nc1nc2ccc(C(N=O)c3ccccc3)cn2c1-c1ccsc1. The number of nitrogen functional groups attached to an aromatic ring is 1. The third-order valence-corrected chi connectivity index (χ3v) is 4.68. The van der Waals surface area contributed by atoms with Gasteiger partial charge >= 0.3 is 0 Å². The largest absolute Gasteiger partial charge is 0.382 e. The van der Waals surface area contributed by atoms with Crippen molar-refractivity contribution in [2.75, 3.05) is 5.73 Å². The number of aromatic nitrogens is 2. The van der Waals surface area contributed by atoms with Crippen LogP contribution in [0.2, 0.25) is 0 Å². The molecule has 0 radical (unpaired) electrons. The van der Waals surface area contributed by atoms with Crippen molar-refractivity contribution in [3.05, 3.63) is 81.5 Å². The van der Waals surface area contributed by atoms with Gasteiger partial charge in [0, 0.05) is 22.7 Å². The molecular weight excluding hydrogens is 320 g/mol. The van der Waals surface area contributed by atoms with Crippen LogP contribution in [0.15, 0.2) is 70.7 Å². The van der Waals surface area contributed by atoms with Crippen LogP contribution in [0.5, 0.6) is 0 Å². The molecule has 0 saturated heterocycles. The zero-order chi connectivity index (χ0) is 16.5. The van der Waals surface area contributed by atoms with E-state index in [0.29, 0.717) is 5.82 Å². The quantitative estimate of drug-likeness (QED) is 0.558. The first-order chi connectivity index (χ1) is 11.8. The first-order valence-electron chi connectivity index (χ1n) is 7.45. The summed E-state index contributed by atoms with van der Waals surface area (Å²) in [6, 6.07) is 14.7. The normalized spacial score (nSPS) is 12.3. The van der Waals surface area contributed by atoms with E-state index in [0.717, 1.165) is 28.0 Å². The van der Waals surface area contributed by atoms with Crippen LogP contribution in [0, 0.1) is 4.91 Å². The van der Waals surface area contributed by atoms with E-state index in [9.17, 15) is 4.91 Å². The average Bonchev–Trinajstić information content (AvgIpc) is 3.23. The van der Waals surface area contributed by atoms with Crippen LogP contribution in [0.4, 0.5) is 5.82 Å². The molecule has 1 atom stereocenters. The van der Waals surface area contributed by atoms with Crippen LogP contribution in [-0.4, -0.2) is 9.38 Å². The Morgan fingerprint density at radius 3 is 2.62 bits per heavy atom. The second-order valence-corrected chi connectivity index (χ2v) is 6.25. The molecule has 3 aromatic heterocycles. The number of hydrogen-bond acceptors (Lipinski definition) is 5. The Kier molecular flexibility index (Phi) is 3.59. The number of hydrogen-bond donors (Lipinski definition) is 1. The maximum absolute atomic E-state index is 11.5. The van der Waals surface area contributed by atoms with Crippen LogP contribution in [0.1, 0.15) is 17.2 Å². The summed E-state index contributed by atoms with van der Waals surface area (Å²) in [5.41, 5.74) is 10.4. The van der Waals surface area contributed by atoms with Gasteiger partial charge in [-0.3, -0.25) is 4.40 Å². The molecule has 2 N–H and O–H groups in total. The van der Waals surface area contributed by atoms with E-state index in [4.69, 9.17) is 5.73 Å². The van der Waals surface area contributed by atoms with E-state index in [1.54, 1.807) is 11.3 Å². The van der Waals surface area contributed by atoms with Crippen molar-refractivity contribution >= 4 is 22.8 Å². The molecule has 4 aromatic rings. The van der Waals surface area contributed by atoms with Gasteiger partial charge in [0.2, 0.25) is 0 Å². The van der Waals surface area contributed by atoms with Crippen molar-refractivity contribution in [3.8, 4) is 11.3 Å². The highest BCUT2D eigenvalue weighted by molar-refractivity contribution is 7.08. The van der Waals surface area contributed by atoms with Gasteiger partial charge in [0.25, 0.3) is 0 Å². The van der Waals surface area contributed by atoms with Crippen LogP contribution in [-0.2, 0) is 0 Å². The van der Waals surface area contributed by atoms with Gasteiger partial charge in [-0.1, -0.05) is 41.6 Å². The number of anilines is 1. The van der Waals surface area contributed by atoms with Crippen molar-refractivity contribution < 1.29 is 0 Å². The maximum atomic E-state index is 11.5. The highest BCUT2D eigenvalue weighted by Gasteiger charge is 2.18. The van der Waals surface area contributed by atoms with E-state index >= 15 is 0 Å². The average molecular weight is 334 g/mol. The summed E-state index contributed by atoms with van der Waals surface area (Å²) < 4.78 is 1.92. The van der Waals surface area contributed by atoms with Gasteiger partial charge in [-0.25, -0.2) is 4.98 Å². The van der Waals surface area contributed by atoms with Gasteiger partial charge in [0.05, 0.1) is 5.69 Å². The number of pyridine rings is 1. The molecule has 0 amide bonds. The molecule has 0 saturated carbocycles. The van der Waals surface area contributed by atoms with E-state index in [1.165, 1.54) is 0 Å². The van der Waals surface area contributed by atoms with Gasteiger partial charge in [-0.05, 0) is 23.1 Å². The summed E-state index contributed by atoms with van der Waals surface area (Å²) in [4.78, 5) is 15.9. The number of benzene rings is 1. The van der Waals surface area contributed by atoms with Gasteiger partial charge in [0.1, 0.15) is 11.7 Å². The van der Waals surface area contributed by atoms with Crippen LogP contribution in [0.25, 0.3) is 16.9 Å². The maximum Gasteiger partial charge on any atom is 0.150 e. The van der Waals surface area contributed by atoms with Gasteiger partial charge in [-0.15, -0.1) is 4.91 Å². The molecule has 0 aliphatic carbocycles. The lowest BCUT2D eigenvalue weighted by Crippen LogP contribution is -2.00. The van der Waals surface area contributed by atoms with E-state index < -0.39 is 6.04 Å². The predicted molar refractivity (Wildman–Crippen MR) is 97.0 cm³/mol. The van der Waals surface area contributed by atoms with Crippen LogP contribution in [0.3, 0.4) is 0 Å². The van der Waals surface area contributed by atoms with Crippen molar-refractivity contribution in [2.45, 2.75) is 6.04 Å². The predicted octanol–water partition coefficient (Wildman–Crippen LogP) is 4.50. The minimum Gasteiger partial charge on any atom is -0.382 e. The zero-order valence-corrected chi connectivity index (χ0v) is 13.5. The Balaban J connectivity index is 1.89. The molecule has 0 spiro atoms. The molecule has 0 aliphatic heterocycles. The zero-order valence-electron chi connectivity index (χ0n) is 12.7. The van der Waals surface area contributed by atoms with Crippen LogP contribution < -0.4 is 5.73 Å². The third-order valence-electron chi connectivity index (χ3n) is 4.00. The molecule has 0 bridgehead atoms. The molecular formula is C18H14N4OS. The number of fused-ring (bicyclic) bond motifs is 1. The van der Waals surface area contributed by atoms with E-state index in [-0.39, 0.29) is 0 Å². The van der Waals surface area contributed by atoms with Gasteiger partial charge in [-0.2, -0.15) is 11.3 Å². The Morgan fingerprint density at radius 2 is 1.92 bits per heavy atom. The number of rotatable bonds is 4. The summed E-state index contributed by atoms with van der Waals surface area (Å²) in [7, 11) is 0. The smallest absolute Gasteiger partial charge is 0.150 e. The first-order valence-corrected chi connectivity index (χ1v) is 8.39. The minimum atomic E-state index is -0.561. The minimum absolute atomic E-state index is 0.473. The number of nitrogens with zero attached hydrogens (tertiary/aromatic N) is 3. The fourth-order valence-electron chi connectivity index (χ4n) is 2.88. The number of nitrogens with two attached hydrogens (primary N) is 1. The Bertz CT molecular complexity index is 993. The fraction of sp³-hybridized carbons (Fsp3) is 0.0556. The number of nitroso groups, excluding NO2 is 1. The van der Waals surface area contributed by atoms with Crippen molar-refractivity contribution in [3.63, 3.8) is 0 Å². The molecule has 0 fully saturated rings. The summed E-state index contributed by atoms with van der Waals surface area (Å²) >= 11 is 1.60. The van der Waals surface area contributed by atoms with Gasteiger partial charge in [0.15, 0.2) is 5.82 Å². The lowest BCUT2D eigenvalue weighted by molar-refractivity contribution is 0.852. The van der Waals surface area contributed by atoms with Crippen LogP contribution >= 0.6 is 11.3 Å². The molecule has 1 aromatic carbocycles. The van der Waals surface area contributed by atoms with Gasteiger partial charge < -0.3 is 5.73 Å². The summed E-state index contributed by atoms with van der Waals surface area (Å²) in [5, 5.41) is 7.35. The first kappa shape index (κ1) is 14.6. The monoisotopic (exact) mass is 334 g/mol. The lowest BCUT2D eigenvalue weighted by atomic mass is 10.0. The molecule has 24 heavy (non-hydrogen) atoms. The Morgan fingerprint density at radius 1 is 1.08 bits per heavy atom. The molecule has 1 unspecified atom stereocenters. The molecule has 5 nitrogen and oxygen atoms in total. The standard InChI is InChI=1S/C18H14N4OS/c19-18-17(14-8-9-24-11-14)22-10-13(6-7-15(22)20-18)16(21-23)12-4-2-1-3-5-12/h1-11,16H,19H2. The number of imidazole rings is 1. The molecule has 3 heterocycles. The third kappa shape index (κ3) is 2.37. The van der Waals surface area contributed by atoms with Crippen molar-refractivity contribution in [1.29, 1.82) is 0 Å². The highest BCUT2D eigenvalue weighted by Crippen LogP contribution is 2.31. The highest BCUT2D eigenvalue weighted by atomic mass is 32.1. The molecule has 118 valence electrons. The summed E-state index contributed by atoms with van der Waals surface area (Å²) in [6.45, 7) is 0. The van der Waals surface area contributed by atoms with E-state index in [2.05, 4.69) is 10.2 Å². The molecule has 6 heteroatoms.